The van der Waals surface area contributed by atoms with Gasteiger partial charge in [-0.25, -0.2) is 4.98 Å². The van der Waals surface area contributed by atoms with Crippen molar-refractivity contribution in [3.05, 3.63) is 83.8 Å². The van der Waals surface area contributed by atoms with Gasteiger partial charge < -0.3 is 5.32 Å². The van der Waals surface area contributed by atoms with E-state index in [4.69, 9.17) is 0 Å². The van der Waals surface area contributed by atoms with Crippen LogP contribution in [0.5, 0.6) is 0 Å². The first-order chi connectivity index (χ1) is 13.9. The molecule has 0 aliphatic rings. The highest BCUT2D eigenvalue weighted by Crippen LogP contribution is 2.33. The summed E-state index contributed by atoms with van der Waals surface area (Å²) in [5.74, 6) is -0.257. The molecule has 4 nitrogen and oxygen atoms in total. The number of thiazole rings is 1. The van der Waals surface area contributed by atoms with Crippen molar-refractivity contribution in [3.63, 3.8) is 0 Å². The lowest BCUT2D eigenvalue weighted by Gasteiger charge is -2.06. The first-order valence-corrected chi connectivity index (χ1v) is 9.70. The van der Waals surface area contributed by atoms with Crippen LogP contribution in [0.3, 0.4) is 0 Å². The number of rotatable bonds is 5. The first-order valence-electron chi connectivity index (χ1n) is 8.88. The van der Waals surface area contributed by atoms with Crippen molar-refractivity contribution in [3.8, 4) is 10.4 Å². The van der Waals surface area contributed by atoms with Crippen molar-refractivity contribution in [2.75, 3.05) is 6.54 Å². The molecular weight excluding hydrogens is 399 g/mol. The lowest BCUT2D eigenvalue weighted by molar-refractivity contribution is -0.137. The summed E-state index contributed by atoms with van der Waals surface area (Å²) in [6.45, 7) is 0.505. The van der Waals surface area contributed by atoms with Crippen LogP contribution in [0.25, 0.3) is 15.4 Å². The van der Waals surface area contributed by atoms with Gasteiger partial charge in [-0.2, -0.15) is 13.2 Å². The van der Waals surface area contributed by atoms with E-state index in [1.807, 2.05) is 30.3 Å². The van der Waals surface area contributed by atoms with Crippen LogP contribution in [-0.4, -0.2) is 21.8 Å². The number of carbonyl (C=O) groups is 1. The first kappa shape index (κ1) is 19.2. The number of fused-ring (bicyclic) bond motifs is 1. The number of carbonyl (C=O) groups excluding carboxylic acids is 1. The van der Waals surface area contributed by atoms with E-state index in [2.05, 4.69) is 10.3 Å². The normalized spacial score (nSPS) is 11.7. The summed E-state index contributed by atoms with van der Waals surface area (Å²) in [5, 5.41) is 2.85. The van der Waals surface area contributed by atoms with E-state index >= 15 is 0 Å². The van der Waals surface area contributed by atoms with Gasteiger partial charge in [0, 0.05) is 18.9 Å². The third-order valence-electron chi connectivity index (χ3n) is 4.43. The third kappa shape index (κ3) is 4.32. The molecule has 1 N–H and O–H groups in total. The molecule has 0 aliphatic carbocycles. The Labute approximate surface area is 168 Å². The molecule has 0 spiro atoms. The number of nitrogens with one attached hydrogen (secondary N) is 1. The molecule has 29 heavy (non-hydrogen) atoms. The molecule has 0 bridgehead atoms. The molecule has 8 heteroatoms. The van der Waals surface area contributed by atoms with Crippen LogP contribution in [0.1, 0.15) is 21.6 Å². The standard InChI is InChI=1S/C21H16F3N3OS/c22-21(23,24)16-8-6-15(7-9-16)18-13-27-12-17(26-20(27)29-18)19(28)25-11-10-14-4-2-1-3-5-14/h1-9,12-13H,10-11H2,(H,25,28). The van der Waals surface area contributed by atoms with Crippen molar-refractivity contribution in [1.29, 1.82) is 0 Å². The Morgan fingerprint density at radius 1 is 1.03 bits per heavy atom. The smallest absolute Gasteiger partial charge is 0.350 e. The van der Waals surface area contributed by atoms with Crippen LogP contribution >= 0.6 is 11.3 Å². The van der Waals surface area contributed by atoms with Gasteiger partial charge in [0.05, 0.1) is 10.4 Å². The molecule has 2 aromatic heterocycles. The van der Waals surface area contributed by atoms with Crippen molar-refractivity contribution >= 4 is 22.2 Å². The average molecular weight is 415 g/mol. The average Bonchev–Trinajstić information content (AvgIpc) is 3.27. The van der Waals surface area contributed by atoms with E-state index < -0.39 is 11.7 Å². The molecule has 2 aromatic carbocycles. The highest BCUT2D eigenvalue weighted by Gasteiger charge is 2.30. The molecule has 0 unspecified atom stereocenters. The fourth-order valence-corrected chi connectivity index (χ4v) is 3.89. The highest BCUT2D eigenvalue weighted by atomic mass is 32.1. The largest absolute Gasteiger partial charge is 0.416 e. The topological polar surface area (TPSA) is 46.4 Å². The van der Waals surface area contributed by atoms with Crippen LogP contribution in [0.4, 0.5) is 13.2 Å². The van der Waals surface area contributed by atoms with Gasteiger partial charge in [-0.15, -0.1) is 0 Å². The second kappa shape index (κ2) is 7.71. The lowest BCUT2D eigenvalue weighted by atomic mass is 10.1. The zero-order valence-corrected chi connectivity index (χ0v) is 15.9. The van der Waals surface area contributed by atoms with E-state index in [1.54, 1.807) is 16.8 Å². The van der Waals surface area contributed by atoms with E-state index in [0.717, 1.165) is 29.0 Å². The van der Waals surface area contributed by atoms with E-state index in [1.165, 1.54) is 23.5 Å². The van der Waals surface area contributed by atoms with Crippen molar-refractivity contribution in [2.24, 2.45) is 0 Å². The zero-order valence-electron chi connectivity index (χ0n) is 15.1. The molecule has 2 heterocycles. The Balaban J connectivity index is 1.43. The van der Waals surface area contributed by atoms with Gasteiger partial charge in [0.2, 0.25) is 0 Å². The minimum absolute atomic E-state index is 0.257. The molecule has 148 valence electrons. The number of halogens is 3. The molecule has 0 aliphatic heterocycles. The summed E-state index contributed by atoms with van der Waals surface area (Å²) in [4.78, 5) is 18.0. The van der Waals surface area contributed by atoms with Gasteiger partial charge in [-0.1, -0.05) is 53.8 Å². The molecule has 0 saturated heterocycles. The summed E-state index contributed by atoms with van der Waals surface area (Å²) in [6.07, 6.45) is -0.244. The number of alkyl halides is 3. The maximum atomic E-state index is 12.7. The summed E-state index contributed by atoms with van der Waals surface area (Å²) in [5.41, 5.74) is 1.43. The van der Waals surface area contributed by atoms with Crippen molar-refractivity contribution < 1.29 is 18.0 Å². The number of imidazole rings is 1. The molecule has 1 amide bonds. The molecular formula is C21H16F3N3OS. The summed E-state index contributed by atoms with van der Waals surface area (Å²) in [6, 6.07) is 14.8. The second-order valence-corrected chi connectivity index (χ2v) is 7.49. The highest BCUT2D eigenvalue weighted by molar-refractivity contribution is 7.20. The molecule has 0 fully saturated rings. The molecule has 0 atom stereocenters. The Hall–Kier alpha value is -3.13. The van der Waals surface area contributed by atoms with Gasteiger partial charge >= 0.3 is 6.18 Å². The van der Waals surface area contributed by atoms with Crippen molar-refractivity contribution in [1.82, 2.24) is 14.7 Å². The number of aromatic nitrogens is 2. The number of amides is 1. The molecule has 0 saturated carbocycles. The predicted octanol–water partition coefficient (Wildman–Crippen LogP) is 5.05. The maximum absolute atomic E-state index is 12.7. The molecule has 4 aromatic rings. The van der Waals surface area contributed by atoms with Crippen LogP contribution in [0.15, 0.2) is 67.0 Å². The number of hydrogen-bond acceptors (Lipinski definition) is 3. The molecule has 4 rings (SSSR count). The minimum atomic E-state index is -4.36. The second-order valence-electron chi connectivity index (χ2n) is 6.48. The lowest BCUT2D eigenvalue weighted by Crippen LogP contribution is -2.25. The van der Waals surface area contributed by atoms with Crippen LogP contribution in [-0.2, 0) is 12.6 Å². The predicted molar refractivity (Wildman–Crippen MR) is 106 cm³/mol. The Morgan fingerprint density at radius 3 is 2.41 bits per heavy atom. The number of hydrogen-bond donors (Lipinski definition) is 1. The summed E-state index contributed by atoms with van der Waals surface area (Å²) >= 11 is 1.31. The zero-order chi connectivity index (χ0) is 20.4. The Kier molecular flexibility index (Phi) is 5.10. The number of benzene rings is 2. The Bertz CT molecular complexity index is 1100. The number of nitrogens with zero attached hydrogens (tertiary/aromatic N) is 2. The SMILES string of the molecule is O=C(NCCc1ccccc1)c1cn2cc(-c3ccc(C(F)(F)F)cc3)sc2n1. The van der Waals surface area contributed by atoms with Gasteiger partial charge in [0.25, 0.3) is 5.91 Å². The van der Waals surface area contributed by atoms with Crippen LogP contribution in [0, 0.1) is 0 Å². The van der Waals surface area contributed by atoms with Crippen LogP contribution < -0.4 is 5.32 Å². The minimum Gasteiger partial charge on any atom is -0.350 e. The fourth-order valence-electron chi connectivity index (χ4n) is 2.92. The summed E-state index contributed by atoms with van der Waals surface area (Å²) < 4.78 is 39.8. The van der Waals surface area contributed by atoms with Gasteiger partial charge in [0.15, 0.2) is 4.96 Å². The summed E-state index contributed by atoms with van der Waals surface area (Å²) in [7, 11) is 0. The fraction of sp³-hybridized carbons (Fsp3) is 0.143. The van der Waals surface area contributed by atoms with Gasteiger partial charge in [0.1, 0.15) is 5.69 Å². The monoisotopic (exact) mass is 415 g/mol. The molecule has 0 radical (unpaired) electrons. The van der Waals surface area contributed by atoms with Crippen LogP contribution in [0.2, 0.25) is 0 Å². The van der Waals surface area contributed by atoms with E-state index in [9.17, 15) is 18.0 Å². The van der Waals surface area contributed by atoms with E-state index in [0.29, 0.717) is 22.8 Å². The van der Waals surface area contributed by atoms with Gasteiger partial charge in [-0.3, -0.25) is 9.20 Å². The third-order valence-corrected chi connectivity index (χ3v) is 5.47. The van der Waals surface area contributed by atoms with Crippen molar-refractivity contribution in [2.45, 2.75) is 12.6 Å². The van der Waals surface area contributed by atoms with Gasteiger partial charge in [-0.05, 0) is 29.7 Å². The quantitative estimate of drug-likeness (QED) is 0.496. The Morgan fingerprint density at radius 2 is 1.76 bits per heavy atom. The van der Waals surface area contributed by atoms with E-state index in [-0.39, 0.29) is 5.91 Å². The maximum Gasteiger partial charge on any atom is 0.416 e.